The van der Waals surface area contributed by atoms with Crippen LogP contribution in [0.5, 0.6) is 0 Å². The highest BCUT2D eigenvalue weighted by molar-refractivity contribution is 5.87. The van der Waals surface area contributed by atoms with Crippen LogP contribution in [0.2, 0.25) is 0 Å². The molecule has 2 N–H and O–H groups in total. The molecule has 2 aromatic rings. The molecule has 1 aliphatic carbocycles. The minimum Gasteiger partial charge on any atom is -0.389 e. The number of nitrogens with zero attached hydrogens (tertiary/aromatic N) is 4. The lowest BCUT2D eigenvalue weighted by molar-refractivity contribution is 0.0413. The van der Waals surface area contributed by atoms with E-state index in [9.17, 15) is 5.11 Å². The van der Waals surface area contributed by atoms with Gasteiger partial charge in [0.05, 0.1) is 11.0 Å². The van der Waals surface area contributed by atoms with Gasteiger partial charge in [0, 0.05) is 38.9 Å². The number of rotatable bonds is 4. The second kappa shape index (κ2) is 5.70. The SMILES string of the molecule is CN(c1ncnc2[nH]ccc12)C1CC2CN(CC(C)(C)O)CC2C1. The van der Waals surface area contributed by atoms with Crippen LogP contribution < -0.4 is 4.90 Å². The Hall–Kier alpha value is -1.66. The number of H-pyrrole nitrogens is 1. The van der Waals surface area contributed by atoms with Gasteiger partial charge in [-0.05, 0) is 44.6 Å². The molecular weight excluding hydrogens is 302 g/mol. The molecule has 2 aromatic heterocycles. The molecule has 0 amide bonds. The van der Waals surface area contributed by atoms with Gasteiger partial charge in [0.25, 0.3) is 0 Å². The summed E-state index contributed by atoms with van der Waals surface area (Å²) in [6.07, 6.45) is 5.99. The van der Waals surface area contributed by atoms with Crippen LogP contribution in [-0.2, 0) is 0 Å². The Kier molecular flexibility index (Phi) is 3.77. The molecule has 130 valence electrons. The van der Waals surface area contributed by atoms with Crippen molar-refractivity contribution in [1.29, 1.82) is 0 Å². The first kappa shape index (κ1) is 15.8. The van der Waals surface area contributed by atoms with E-state index in [0.717, 1.165) is 48.3 Å². The fourth-order valence-electron chi connectivity index (χ4n) is 4.67. The first-order valence-corrected chi connectivity index (χ1v) is 8.86. The molecule has 2 fully saturated rings. The van der Waals surface area contributed by atoms with E-state index >= 15 is 0 Å². The van der Waals surface area contributed by atoms with Crippen molar-refractivity contribution in [3.8, 4) is 0 Å². The molecule has 2 atom stereocenters. The van der Waals surface area contributed by atoms with Crippen LogP contribution in [0.15, 0.2) is 18.6 Å². The standard InChI is InChI=1S/C18H27N5O/c1-18(2,24)10-23-8-12-6-14(7-13(12)9-23)22(3)17-15-4-5-19-16(15)20-11-21-17/h4-5,11-14,24H,6-10H2,1-3H3,(H,19,20,21). The highest BCUT2D eigenvalue weighted by Crippen LogP contribution is 2.41. The minimum absolute atomic E-state index is 0.539. The largest absolute Gasteiger partial charge is 0.389 e. The van der Waals surface area contributed by atoms with Crippen LogP contribution >= 0.6 is 0 Å². The topological polar surface area (TPSA) is 68.3 Å². The second-order valence-electron chi connectivity index (χ2n) is 8.20. The van der Waals surface area contributed by atoms with Crippen molar-refractivity contribution >= 4 is 16.9 Å². The number of anilines is 1. The summed E-state index contributed by atoms with van der Waals surface area (Å²) in [4.78, 5) is 16.8. The van der Waals surface area contributed by atoms with Gasteiger partial charge in [-0.15, -0.1) is 0 Å². The van der Waals surface area contributed by atoms with E-state index in [-0.39, 0.29) is 0 Å². The fourth-order valence-corrected chi connectivity index (χ4v) is 4.67. The average Bonchev–Trinajstić information content (AvgIpc) is 3.17. The van der Waals surface area contributed by atoms with Crippen molar-refractivity contribution in [3.63, 3.8) is 0 Å². The molecule has 2 unspecified atom stereocenters. The van der Waals surface area contributed by atoms with Crippen molar-refractivity contribution in [2.75, 3.05) is 31.6 Å². The molecule has 6 nitrogen and oxygen atoms in total. The van der Waals surface area contributed by atoms with Crippen molar-refractivity contribution in [1.82, 2.24) is 19.9 Å². The fraction of sp³-hybridized carbons (Fsp3) is 0.667. The first-order valence-electron chi connectivity index (χ1n) is 8.86. The van der Waals surface area contributed by atoms with Gasteiger partial charge in [0.1, 0.15) is 17.8 Å². The van der Waals surface area contributed by atoms with E-state index in [1.54, 1.807) is 6.33 Å². The Morgan fingerprint density at radius 1 is 1.29 bits per heavy atom. The van der Waals surface area contributed by atoms with E-state index in [0.29, 0.717) is 6.04 Å². The van der Waals surface area contributed by atoms with Crippen molar-refractivity contribution in [2.45, 2.75) is 38.3 Å². The zero-order chi connectivity index (χ0) is 16.9. The van der Waals surface area contributed by atoms with Gasteiger partial charge in [0.2, 0.25) is 0 Å². The first-order chi connectivity index (χ1) is 11.4. The van der Waals surface area contributed by atoms with Gasteiger partial charge in [0.15, 0.2) is 0 Å². The van der Waals surface area contributed by atoms with Crippen molar-refractivity contribution in [2.24, 2.45) is 11.8 Å². The van der Waals surface area contributed by atoms with E-state index in [1.807, 2.05) is 20.0 Å². The van der Waals surface area contributed by atoms with Crippen LogP contribution in [0.1, 0.15) is 26.7 Å². The van der Waals surface area contributed by atoms with Crippen LogP contribution in [0, 0.1) is 11.8 Å². The summed E-state index contributed by atoms with van der Waals surface area (Å²) >= 11 is 0. The lowest BCUT2D eigenvalue weighted by atomic mass is 10.0. The van der Waals surface area contributed by atoms with E-state index in [1.165, 1.54) is 12.8 Å². The molecule has 4 rings (SSSR count). The van der Waals surface area contributed by atoms with E-state index < -0.39 is 5.60 Å². The Morgan fingerprint density at radius 2 is 2.00 bits per heavy atom. The maximum absolute atomic E-state index is 10.0. The molecule has 2 aliphatic rings. The zero-order valence-electron chi connectivity index (χ0n) is 14.7. The molecule has 3 heterocycles. The van der Waals surface area contributed by atoms with Crippen LogP contribution in [-0.4, -0.2) is 63.3 Å². The Morgan fingerprint density at radius 3 is 2.67 bits per heavy atom. The van der Waals surface area contributed by atoms with Crippen molar-refractivity contribution < 1.29 is 5.11 Å². The summed E-state index contributed by atoms with van der Waals surface area (Å²) in [5.74, 6) is 2.51. The summed E-state index contributed by atoms with van der Waals surface area (Å²) in [5.41, 5.74) is 0.303. The molecule has 1 aliphatic heterocycles. The van der Waals surface area contributed by atoms with E-state index in [4.69, 9.17) is 0 Å². The smallest absolute Gasteiger partial charge is 0.142 e. The molecule has 0 radical (unpaired) electrons. The van der Waals surface area contributed by atoms with Gasteiger partial charge >= 0.3 is 0 Å². The lowest BCUT2D eigenvalue weighted by Crippen LogP contribution is -2.39. The molecule has 0 spiro atoms. The number of likely N-dealkylation sites (tertiary alicyclic amines) is 1. The molecule has 0 bridgehead atoms. The monoisotopic (exact) mass is 329 g/mol. The third-order valence-electron chi connectivity index (χ3n) is 5.63. The van der Waals surface area contributed by atoms with Gasteiger partial charge < -0.3 is 15.0 Å². The summed E-state index contributed by atoms with van der Waals surface area (Å²) < 4.78 is 0. The molecule has 6 heteroatoms. The number of aromatic amines is 1. The lowest BCUT2D eigenvalue weighted by Gasteiger charge is -2.29. The van der Waals surface area contributed by atoms with Gasteiger partial charge in [-0.2, -0.15) is 0 Å². The maximum atomic E-state index is 10.0. The van der Waals surface area contributed by atoms with Gasteiger partial charge in [-0.25, -0.2) is 9.97 Å². The summed E-state index contributed by atoms with van der Waals surface area (Å²) in [6.45, 7) is 6.80. The summed E-state index contributed by atoms with van der Waals surface area (Å²) in [5, 5.41) is 11.1. The maximum Gasteiger partial charge on any atom is 0.142 e. The van der Waals surface area contributed by atoms with E-state index in [2.05, 4.69) is 37.9 Å². The number of fused-ring (bicyclic) bond motifs is 2. The Labute approximate surface area is 142 Å². The summed E-state index contributed by atoms with van der Waals surface area (Å²) in [7, 11) is 2.16. The number of aliphatic hydroxyl groups is 1. The molecule has 1 saturated heterocycles. The second-order valence-corrected chi connectivity index (χ2v) is 8.20. The number of aromatic nitrogens is 3. The minimum atomic E-state index is -0.602. The highest BCUT2D eigenvalue weighted by atomic mass is 16.3. The number of hydrogen-bond acceptors (Lipinski definition) is 5. The highest BCUT2D eigenvalue weighted by Gasteiger charge is 2.43. The number of hydrogen-bond donors (Lipinski definition) is 2. The molecule has 0 aromatic carbocycles. The molecule has 24 heavy (non-hydrogen) atoms. The predicted octanol–water partition coefficient (Wildman–Crippen LogP) is 1.88. The number of β-amino-alcohol motifs (C(OH)–C–C–N with tert-alkyl or cyclic N) is 1. The Balaban J connectivity index is 1.44. The third kappa shape index (κ3) is 2.89. The van der Waals surface area contributed by atoms with Crippen LogP contribution in [0.25, 0.3) is 11.0 Å². The predicted molar refractivity (Wildman–Crippen MR) is 95.0 cm³/mol. The van der Waals surface area contributed by atoms with Gasteiger partial charge in [-0.1, -0.05) is 0 Å². The molecule has 1 saturated carbocycles. The quantitative estimate of drug-likeness (QED) is 0.896. The van der Waals surface area contributed by atoms with Crippen LogP contribution in [0.4, 0.5) is 5.82 Å². The molecular formula is C18H27N5O. The summed E-state index contributed by atoms with van der Waals surface area (Å²) in [6, 6.07) is 2.60. The number of nitrogens with one attached hydrogen (secondary N) is 1. The van der Waals surface area contributed by atoms with Crippen molar-refractivity contribution in [3.05, 3.63) is 18.6 Å². The zero-order valence-corrected chi connectivity index (χ0v) is 14.7. The Bertz CT molecular complexity index is 708. The normalized spacial score (nSPS) is 27.8. The average molecular weight is 329 g/mol. The van der Waals surface area contributed by atoms with Crippen LogP contribution in [0.3, 0.4) is 0 Å². The van der Waals surface area contributed by atoms with Gasteiger partial charge in [-0.3, -0.25) is 4.90 Å². The third-order valence-corrected chi connectivity index (χ3v) is 5.63.